The van der Waals surface area contributed by atoms with E-state index in [9.17, 15) is 14.4 Å². The van der Waals surface area contributed by atoms with Crippen molar-refractivity contribution in [2.24, 2.45) is 7.05 Å². The zero-order valence-corrected chi connectivity index (χ0v) is 16.5. The Labute approximate surface area is 170 Å². The van der Waals surface area contributed by atoms with E-state index in [1.807, 2.05) is 6.07 Å². The van der Waals surface area contributed by atoms with Gasteiger partial charge in [-0.05, 0) is 19.4 Å². The number of hydrogen-bond donors (Lipinski definition) is 2. The summed E-state index contributed by atoms with van der Waals surface area (Å²) in [5.41, 5.74) is 1.25. The maximum Gasteiger partial charge on any atom is 0.258 e. The third-order valence-corrected chi connectivity index (χ3v) is 4.79. The van der Waals surface area contributed by atoms with Crippen LogP contribution in [0.3, 0.4) is 0 Å². The molecule has 3 heterocycles. The number of piperidine rings is 1. The van der Waals surface area contributed by atoms with Crippen LogP contribution >= 0.6 is 0 Å². The zero-order chi connectivity index (χ0) is 21.3. The topological polar surface area (TPSA) is 141 Å². The predicted molar refractivity (Wildman–Crippen MR) is 102 cm³/mol. The van der Waals surface area contributed by atoms with Crippen molar-refractivity contribution in [3.05, 3.63) is 35.6 Å². The van der Waals surface area contributed by atoms with Crippen LogP contribution in [0.4, 0.5) is 0 Å². The summed E-state index contributed by atoms with van der Waals surface area (Å²) in [7, 11) is 1.74. The van der Waals surface area contributed by atoms with Crippen molar-refractivity contribution in [2.75, 3.05) is 6.61 Å². The summed E-state index contributed by atoms with van der Waals surface area (Å²) in [5.74, 6) is -0.229. The minimum atomic E-state index is -0.511. The second-order valence-electron chi connectivity index (χ2n) is 6.97. The van der Waals surface area contributed by atoms with Crippen molar-refractivity contribution < 1.29 is 23.6 Å². The monoisotopic (exact) mass is 412 g/mol. The third kappa shape index (κ3) is 3.86. The molecule has 156 valence electrons. The van der Waals surface area contributed by atoms with Gasteiger partial charge in [0, 0.05) is 18.9 Å². The molecule has 11 heteroatoms. The number of nitrogens with one attached hydrogen (secondary N) is 2. The number of rotatable bonds is 6. The quantitative estimate of drug-likeness (QED) is 0.557. The highest BCUT2D eigenvalue weighted by atomic mass is 16.5. The van der Waals surface area contributed by atoms with E-state index in [4.69, 9.17) is 9.26 Å². The van der Waals surface area contributed by atoms with Gasteiger partial charge >= 0.3 is 0 Å². The van der Waals surface area contributed by atoms with E-state index in [1.165, 1.54) is 0 Å². The van der Waals surface area contributed by atoms with Gasteiger partial charge in [0.25, 0.3) is 5.91 Å². The lowest BCUT2D eigenvalue weighted by Crippen LogP contribution is -2.39. The number of aromatic nitrogens is 4. The molecule has 30 heavy (non-hydrogen) atoms. The Bertz CT molecular complexity index is 1130. The van der Waals surface area contributed by atoms with Crippen LogP contribution in [-0.4, -0.2) is 44.2 Å². The highest BCUT2D eigenvalue weighted by Gasteiger charge is 2.32. The van der Waals surface area contributed by atoms with Crippen LogP contribution in [0.1, 0.15) is 36.2 Å². The van der Waals surface area contributed by atoms with Crippen LogP contribution in [-0.2, 0) is 28.0 Å². The molecular formula is C19H20N6O5. The SMILES string of the molecule is Cc1noc(CNC(=O)COc2cccc3c(C4CCC(=O)NC4=O)nn(C)c23)n1. The van der Waals surface area contributed by atoms with Crippen molar-refractivity contribution in [1.82, 2.24) is 30.6 Å². The number of benzene rings is 1. The maximum absolute atomic E-state index is 12.3. The average molecular weight is 412 g/mol. The molecule has 0 bridgehead atoms. The molecular weight excluding hydrogens is 392 g/mol. The molecule has 1 aliphatic rings. The molecule has 1 aliphatic heterocycles. The number of fused-ring (bicyclic) bond motifs is 1. The number of carbonyl (C=O) groups excluding carboxylic acids is 3. The van der Waals surface area contributed by atoms with Gasteiger partial charge in [0.05, 0.1) is 18.2 Å². The predicted octanol–water partition coefficient (Wildman–Crippen LogP) is 0.480. The Morgan fingerprint density at radius 2 is 2.23 bits per heavy atom. The van der Waals surface area contributed by atoms with Crippen LogP contribution in [0.15, 0.2) is 22.7 Å². The maximum atomic E-state index is 12.3. The van der Waals surface area contributed by atoms with Gasteiger partial charge in [0.2, 0.25) is 17.7 Å². The second-order valence-corrected chi connectivity index (χ2v) is 6.97. The number of nitrogens with zero attached hydrogens (tertiary/aromatic N) is 4. The van der Waals surface area contributed by atoms with Crippen LogP contribution in [0, 0.1) is 6.92 Å². The highest BCUT2D eigenvalue weighted by molar-refractivity contribution is 6.03. The number of aryl methyl sites for hydroxylation is 2. The summed E-state index contributed by atoms with van der Waals surface area (Å²) in [6.45, 7) is 1.58. The summed E-state index contributed by atoms with van der Waals surface area (Å²) < 4.78 is 12.3. The van der Waals surface area contributed by atoms with Crippen molar-refractivity contribution >= 4 is 28.6 Å². The number of ether oxygens (including phenoxy) is 1. The fourth-order valence-electron chi connectivity index (χ4n) is 3.44. The van der Waals surface area contributed by atoms with E-state index in [2.05, 4.69) is 25.9 Å². The molecule has 0 radical (unpaired) electrons. The first-order valence-corrected chi connectivity index (χ1v) is 9.40. The minimum Gasteiger partial charge on any atom is -0.482 e. The first-order valence-electron chi connectivity index (χ1n) is 9.40. The lowest BCUT2D eigenvalue weighted by Gasteiger charge is -2.19. The van der Waals surface area contributed by atoms with Crippen LogP contribution in [0.5, 0.6) is 5.75 Å². The number of carbonyl (C=O) groups is 3. The Hall–Kier alpha value is -3.76. The third-order valence-electron chi connectivity index (χ3n) is 4.79. The molecule has 4 rings (SSSR count). The molecule has 3 aromatic rings. The molecule has 1 fully saturated rings. The molecule has 2 N–H and O–H groups in total. The van der Waals surface area contributed by atoms with Crippen LogP contribution in [0.2, 0.25) is 0 Å². The Morgan fingerprint density at radius 3 is 2.97 bits per heavy atom. The van der Waals surface area contributed by atoms with Crippen molar-refractivity contribution in [2.45, 2.75) is 32.2 Å². The number of imide groups is 1. The van der Waals surface area contributed by atoms with Gasteiger partial charge < -0.3 is 14.6 Å². The van der Waals surface area contributed by atoms with E-state index in [0.29, 0.717) is 35.1 Å². The molecule has 1 unspecified atom stereocenters. The minimum absolute atomic E-state index is 0.110. The smallest absolute Gasteiger partial charge is 0.258 e. The fraction of sp³-hybridized carbons (Fsp3) is 0.368. The van der Waals surface area contributed by atoms with Gasteiger partial charge in [0.1, 0.15) is 11.3 Å². The standard InChI is InChI=1S/C19H20N6O5/c1-10-21-16(30-24-10)8-20-15(27)9-29-13-5-3-4-11-17(23-25(2)18(11)13)12-6-7-14(26)22-19(12)28/h3-5,12H,6-9H2,1-2H3,(H,20,27)(H,22,26,28). The van der Waals surface area contributed by atoms with E-state index >= 15 is 0 Å². The van der Waals surface area contributed by atoms with Crippen LogP contribution in [0.25, 0.3) is 10.9 Å². The van der Waals surface area contributed by atoms with Crippen molar-refractivity contribution in [3.63, 3.8) is 0 Å². The van der Waals surface area contributed by atoms with Gasteiger partial charge in [-0.15, -0.1) is 0 Å². The molecule has 0 aliphatic carbocycles. The average Bonchev–Trinajstić information content (AvgIpc) is 3.28. The van der Waals surface area contributed by atoms with Crippen LogP contribution < -0.4 is 15.4 Å². The van der Waals surface area contributed by atoms with Gasteiger partial charge in [0.15, 0.2) is 12.4 Å². The molecule has 1 saturated heterocycles. The second kappa shape index (κ2) is 7.93. The summed E-state index contributed by atoms with van der Waals surface area (Å²) in [6.07, 6.45) is 0.670. The summed E-state index contributed by atoms with van der Waals surface area (Å²) in [6, 6.07) is 5.34. The Morgan fingerprint density at radius 1 is 1.40 bits per heavy atom. The first kappa shape index (κ1) is 19.6. The molecule has 1 aromatic carbocycles. The lowest BCUT2D eigenvalue weighted by atomic mass is 9.93. The molecule has 11 nitrogen and oxygen atoms in total. The summed E-state index contributed by atoms with van der Waals surface area (Å²) in [5, 5.41) is 13.9. The molecule has 2 aromatic heterocycles. The van der Waals surface area contributed by atoms with Gasteiger partial charge in [-0.25, -0.2) is 0 Å². The van der Waals surface area contributed by atoms with E-state index in [0.717, 1.165) is 5.39 Å². The molecule has 1 atom stereocenters. The molecule has 0 saturated carbocycles. The zero-order valence-electron chi connectivity index (χ0n) is 16.5. The Balaban J connectivity index is 1.48. The van der Waals surface area contributed by atoms with Crippen molar-refractivity contribution in [1.29, 1.82) is 0 Å². The number of amides is 3. The number of para-hydroxylation sites is 1. The van der Waals surface area contributed by atoms with Gasteiger partial charge in [-0.2, -0.15) is 10.1 Å². The fourth-order valence-corrected chi connectivity index (χ4v) is 3.44. The number of hydrogen-bond acceptors (Lipinski definition) is 8. The van der Waals surface area contributed by atoms with Crippen molar-refractivity contribution in [3.8, 4) is 5.75 Å². The lowest BCUT2D eigenvalue weighted by molar-refractivity contribution is -0.134. The summed E-state index contributed by atoms with van der Waals surface area (Å²) >= 11 is 0. The highest BCUT2D eigenvalue weighted by Crippen LogP contribution is 2.34. The summed E-state index contributed by atoms with van der Waals surface area (Å²) in [4.78, 5) is 39.8. The Kier molecular flexibility index (Phi) is 5.17. The largest absolute Gasteiger partial charge is 0.482 e. The first-order chi connectivity index (χ1) is 14.4. The van der Waals surface area contributed by atoms with E-state index in [-0.39, 0.29) is 37.3 Å². The van der Waals surface area contributed by atoms with E-state index < -0.39 is 5.92 Å². The van der Waals surface area contributed by atoms with E-state index in [1.54, 1.807) is 30.8 Å². The molecule has 0 spiro atoms. The molecule has 3 amide bonds. The normalized spacial score (nSPS) is 16.5. The van der Waals surface area contributed by atoms with Gasteiger partial charge in [-0.3, -0.25) is 24.4 Å². The van der Waals surface area contributed by atoms with Gasteiger partial charge in [-0.1, -0.05) is 17.3 Å².